The molecule has 8 heteroatoms. The van der Waals surface area contributed by atoms with Crippen molar-refractivity contribution in [2.45, 2.75) is 19.8 Å². The normalized spacial score (nSPS) is 14.9. The molecule has 0 aromatic heterocycles. The predicted octanol–water partition coefficient (Wildman–Crippen LogP) is 4.27. The molecule has 0 unspecified atom stereocenters. The highest BCUT2D eigenvalue weighted by Gasteiger charge is 2.37. The molecule has 176 valence electrons. The number of hydrogen-bond acceptors (Lipinski definition) is 5. The van der Waals surface area contributed by atoms with E-state index in [-0.39, 0.29) is 22.6 Å². The maximum Gasteiger partial charge on any atom is 0.266 e. The predicted molar refractivity (Wildman–Crippen MR) is 131 cm³/mol. The van der Waals surface area contributed by atoms with Gasteiger partial charge in [0.25, 0.3) is 17.7 Å². The molecule has 4 amide bonds. The lowest BCUT2D eigenvalue weighted by Gasteiger charge is -2.16. The monoisotopic (exact) mass is 469 g/mol. The van der Waals surface area contributed by atoms with Gasteiger partial charge in [0.15, 0.2) is 0 Å². The van der Waals surface area contributed by atoms with Crippen LogP contribution in [0.3, 0.4) is 0 Å². The Balaban J connectivity index is 1.32. The molecule has 1 N–H and O–H groups in total. The van der Waals surface area contributed by atoms with E-state index in [2.05, 4.69) is 5.32 Å². The lowest BCUT2D eigenvalue weighted by molar-refractivity contribution is -0.117. The first-order chi connectivity index (χ1) is 17.0. The fraction of sp³-hybridized carbons (Fsp3) is 0.185. The van der Waals surface area contributed by atoms with Gasteiger partial charge in [0.05, 0.1) is 23.4 Å². The Morgan fingerprint density at radius 2 is 1.57 bits per heavy atom. The van der Waals surface area contributed by atoms with Crippen molar-refractivity contribution in [3.63, 3.8) is 0 Å². The lowest BCUT2D eigenvalue weighted by atomic mass is 10.1. The van der Waals surface area contributed by atoms with Crippen LogP contribution in [-0.2, 0) is 4.79 Å². The van der Waals surface area contributed by atoms with Crippen LogP contribution in [0.4, 0.5) is 17.1 Å². The Kier molecular flexibility index (Phi) is 5.78. The summed E-state index contributed by atoms with van der Waals surface area (Å²) >= 11 is 0. The highest BCUT2D eigenvalue weighted by molar-refractivity contribution is 6.34. The Labute approximate surface area is 202 Å². The van der Waals surface area contributed by atoms with Crippen molar-refractivity contribution < 1.29 is 23.9 Å². The summed E-state index contributed by atoms with van der Waals surface area (Å²) in [5.41, 5.74) is 2.48. The smallest absolute Gasteiger partial charge is 0.266 e. The molecule has 3 aromatic carbocycles. The quantitative estimate of drug-likeness (QED) is 0.544. The molecular weight excluding hydrogens is 446 g/mol. The molecule has 0 radical (unpaired) electrons. The zero-order chi connectivity index (χ0) is 24.5. The molecule has 1 fully saturated rings. The van der Waals surface area contributed by atoms with E-state index in [9.17, 15) is 19.2 Å². The second-order valence-electron chi connectivity index (χ2n) is 8.28. The van der Waals surface area contributed by atoms with E-state index in [0.29, 0.717) is 36.7 Å². The van der Waals surface area contributed by atoms with E-state index >= 15 is 0 Å². The zero-order valence-electron chi connectivity index (χ0n) is 19.1. The number of hydrogen-bond donors (Lipinski definition) is 1. The number of carbonyl (C=O) groups is 4. The minimum atomic E-state index is -0.483. The van der Waals surface area contributed by atoms with Crippen LogP contribution < -0.4 is 19.9 Å². The minimum absolute atomic E-state index is 0.0958. The molecule has 2 aliphatic rings. The summed E-state index contributed by atoms with van der Waals surface area (Å²) in [4.78, 5) is 53.5. The van der Waals surface area contributed by atoms with Crippen molar-refractivity contribution in [1.29, 1.82) is 0 Å². The lowest BCUT2D eigenvalue weighted by Crippen LogP contribution is -2.29. The molecule has 0 bridgehead atoms. The molecule has 0 saturated carbocycles. The van der Waals surface area contributed by atoms with Gasteiger partial charge in [-0.15, -0.1) is 0 Å². The van der Waals surface area contributed by atoms with E-state index in [1.54, 1.807) is 53.4 Å². The molecule has 0 atom stereocenters. The number of imide groups is 1. The average Bonchev–Trinajstić information content (AvgIpc) is 3.41. The second kappa shape index (κ2) is 9.06. The number of amides is 4. The molecule has 1 saturated heterocycles. The van der Waals surface area contributed by atoms with Crippen molar-refractivity contribution in [2.75, 3.05) is 28.3 Å². The topological polar surface area (TPSA) is 96.0 Å². The fourth-order valence-corrected chi connectivity index (χ4v) is 4.32. The first kappa shape index (κ1) is 22.3. The molecule has 2 aliphatic heterocycles. The molecule has 8 nitrogen and oxygen atoms in total. The van der Waals surface area contributed by atoms with Gasteiger partial charge in [-0.1, -0.05) is 0 Å². The van der Waals surface area contributed by atoms with Gasteiger partial charge in [-0.25, -0.2) is 4.90 Å². The Bertz CT molecular complexity index is 1330. The van der Waals surface area contributed by atoms with Crippen LogP contribution in [0.1, 0.15) is 50.8 Å². The van der Waals surface area contributed by atoms with Gasteiger partial charge >= 0.3 is 0 Å². The van der Waals surface area contributed by atoms with Gasteiger partial charge in [-0.05, 0) is 80.1 Å². The van der Waals surface area contributed by atoms with Crippen molar-refractivity contribution >= 4 is 40.7 Å². The Morgan fingerprint density at radius 3 is 2.23 bits per heavy atom. The van der Waals surface area contributed by atoms with Gasteiger partial charge in [-0.2, -0.15) is 0 Å². The van der Waals surface area contributed by atoms with Crippen molar-refractivity contribution in [3.05, 3.63) is 83.4 Å². The SMILES string of the molecule is CCOc1ccc(N2C(=O)c3ccc(C(=O)Nc4ccc(N5CCCC5=O)cc4)cc3C2=O)cc1. The summed E-state index contributed by atoms with van der Waals surface area (Å²) in [7, 11) is 0. The second-order valence-corrected chi connectivity index (χ2v) is 8.28. The highest BCUT2D eigenvalue weighted by Crippen LogP contribution is 2.30. The molecule has 35 heavy (non-hydrogen) atoms. The summed E-state index contributed by atoms with van der Waals surface area (Å²) < 4.78 is 5.42. The molecule has 5 rings (SSSR count). The van der Waals surface area contributed by atoms with Crippen LogP contribution in [0.5, 0.6) is 5.75 Å². The van der Waals surface area contributed by atoms with Crippen molar-refractivity contribution in [3.8, 4) is 5.75 Å². The zero-order valence-corrected chi connectivity index (χ0v) is 19.1. The largest absolute Gasteiger partial charge is 0.494 e. The van der Waals surface area contributed by atoms with E-state index in [1.165, 1.54) is 18.2 Å². The molecular formula is C27H23N3O5. The number of ether oxygens (including phenoxy) is 1. The van der Waals surface area contributed by atoms with E-state index in [4.69, 9.17) is 4.74 Å². The number of rotatable bonds is 6. The summed E-state index contributed by atoms with van der Waals surface area (Å²) in [6.45, 7) is 3.08. The molecule has 0 aliphatic carbocycles. The van der Waals surface area contributed by atoms with Gasteiger partial charge in [-0.3, -0.25) is 19.2 Å². The van der Waals surface area contributed by atoms with Gasteiger partial charge in [0.1, 0.15) is 5.75 Å². The van der Waals surface area contributed by atoms with E-state index in [0.717, 1.165) is 17.0 Å². The van der Waals surface area contributed by atoms with Crippen LogP contribution in [0.25, 0.3) is 0 Å². The minimum Gasteiger partial charge on any atom is -0.494 e. The van der Waals surface area contributed by atoms with Crippen LogP contribution in [-0.4, -0.2) is 36.8 Å². The number of carbonyl (C=O) groups excluding carboxylic acids is 4. The van der Waals surface area contributed by atoms with Crippen LogP contribution in [0, 0.1) is 0 Å². The Morgan fingerprint density at radius 1 is 0.886 bits per heavy atom. The van der Waals surface area contributed by atoms with Crippen molar-refractivity contribution in [1.82, 2.24) is 0 Å². The van der Waals surface area contributed by atoms with Crippen molar-refractivity contribution in [2.24, 2.45) is 0 Å². The standard InChI is InChI=1S/C27H23N3O5/c1-2-35-21-12-10-20(11-13-21)30-26(33)22-14-5-17(16-23(22)27(30)34)25(32)28-18-6-8-19(9-7-18)29-15-3-4-24(29)31/h5-14,16H,2-4,15H2,1H3,(H,28,32). The summed E-state index contributed by atoms with van der Waals surface area (Å²) in [6.07, 6.45) is 1.39. The summed E-state index contributed by atoms with van der Waals surface area (Å²) in [5.74, 6) is -0.584. The van der Waals surface area contributed by atoms with Gasteiger partial charge < -0.3 is 15.0 Å². The van der Waals surface area contributed by atoms with Gasteiger partial charge in [0.2, 0.25) is 5.91 Å². The Hall–Kier alpha value is -4.46. The number of benzene rings is 3. The number of fused-ring (bicyclic) bond motifs is 1. The molecule has 2 heterocycles. The summed E-state index contributed by atoms with van der Waals surface area (Å²) in [5, 5.41) is 2.80. The third-order valence-corrected chi connectivity index (χ3v) is 6.06. The maximum atomic E-state index is 13.1. The molecule has 0 spiro atoms. The van der Waals surface area contributed by atoms with Crippen LogP contribution >= 0.6 is 0 Å². The van der Waals surface area contributed by atoms with E-state index < -0.39 is 17.7 Å². The fourth-order valence-electron chi connectivity index (χ4n) is 4.32. The number of nitrogens with one attached hydrogen (secondary N) is 1. The number of anilines is 3. The third kappa shape index (κ3) is 4.14. The first-order valence-electron chi connectivity index (χ1n) is 11.4. The average molecular weight is 469 g/mol. The number of nitrogens with zero attached hydrogens (tertiary/aromatic N) is 2. The third-order valence-electron chi connectivity index (χ3n) is 6.06. The highest BCUT2D eigenvalue weighted by atomic mass is 16.5. The van der Waals surface area contributed by atoms with Crippen LogP contribution in [0.2, 0.25) is 0 Å². The van der Waals surface area contributed by atoms with Crippen LogP contribution in [0.15, 0.2) is 66.7 Å². The molecule has 3 aromatic rings. The first-order valence-corrected chi connectivity index (χ1v) is 11.4. The van der Waals surface area contributed by atoms with E-state index in [1.807, 2.05) is 6.92 Å². The summed E-state index contributed by atoms with van der Waals surface area (Å²) in [6, 6.07) is 18.2. The van der Waals surface area contributed by atoms with Gasteiger partial charge in [0, 0.05) is 29.9 Å². The maximum absolute atomic E-state index is 13.1.